The van der Waals surface area contributed by atoms with Gasteiger partial charge in [0.1, 0.15) is 18.1 Å². The van der Waals surface area contributed by atoms with Gasteiger partial charge in [0.15, 0.2) is 5.65 Å². The normalized spacial score (nSPS) is 10.8. The number of hydrogen-bond donors (Lipinski definition) is 1. The number of carboxylic acid groups (broad SMARTS) is 1. The zero-order chi connectivity index (χ0) is 11.0. The first-order valence-corrected chi connectivity index (χ1v) is 4.48. The molecule has 0 radical (unpaired) electrons. The molecule has 0 spiro atoms. The summed E-state index contributed by atoms with van der Waals surface area (Å²) in [5.41, 5.74) is 1.48. The third kappa shape index (κ3) is 1.65. The summed E-state index contributed by atoms with van der Waals surface area (Å²) < 4.78 is 1.65. The van der Waals surface area contributed by atoms with Crippen LogP contribution in [0.4, 0.5) is 0 Å². The lowest BCUT2D eigenvalue weighted by molar-refractivity contribution is -0.136. The Bertz CT molecular complexity index is 532. The first-order valence-electron chi connectivity index (χ1n) is 4.48. The van der Waals surface area contributed by atoms with Crippen molar-refractivity contribution in [2.24, 2.45) is 0 Å². The SMILES string of the molecule is Cc1cc2nnc(CC(=O)O)n2c(C)n1. The summed E-state index contributed by atoms with van der Waals surface area (Å²) in [4.78, 5) is 14.8. The number of aromatic nitrogens is 4. The van der Waals surface area contributed by atoms with E-state index in [4.69, 9.17) is 5.11 Å². The van der Waals surface area contributed by atoms with E-state index >= 15 is 0 Å². The minimum Gasteiger partial charge on any atom is -0.481 e. The van der Waals surface area contributed by atoms with E-state index < -0.39 is 5.97 Å². The highest BCUT2D eigenvalue weighted by Crippen LogP contribution is 2.08. The largest absolute Gasteiger partial charge is 0.481 e. The fourth-order valence-corrected chi connectivity index (χ4v) is 1.55. The molecule has 0 fully saturated rings. The zero-order valence-corrected chi connectivity index (χ0v) is 8.43. The van der Waals surface area contributed by atoms with Gasteiger partial charge in [-0.3, -0.25) is 9.20 Å². The van der Waals surface area contributed by atoms with Crippen molar-refractivity contribution in [1.82, 2.24) is 19.6 Å². The third-order valence-corrected chi connectivity index (χ3v) is 2.06. The highest BCUT2D eigenvalue weighted by atomic mass is 16.4. The predicted octanol–water partition coefficient (Wildman–Crippen LogP) is 0.368. The lowest BCUT2D eigenvalue weighted by Gasteiger charge is -2.02. The van der Waals surface area contributed by atoms with Crippen LogP contribution in [0.2, 0.25) is 0 Å². The summed E-state index contributed by atoms with van der Waals surface area (Å²) in [6, 6.07) is 1.77. The van der Waals surface area contributed by atoms with Crippen LogP contribution in [0.5, 0.6) is 0 Å². The maximum Gasteiger partial charge on any atom is 0.311 e. The van der Waals surface area contributed by atoms with Gasteiger partial charge in [0, 0.05) is 11.8 Å². The van der Waals surface area contributed by atoms with E-state index in [2.05, 4.69) is 15.2 Å². The number of rotatable bonds is 2. The quantitative estimate of drug-likeness (QED) is 0.767. The van der Waals surface area contributed by atoms with Gasteiger partial charge in [-0.1, -0.05) is 0 Å². The summed E-state index contributed by atoms with van der Waals surface area (Å²) in [7, 11) is 0. The maximum absolute atomic E-state index is 10.6. The summed E-state index contributed by atoms with van der Waals surface area (Å²) in [6.45, 7) is 3.66. The number of carbonyl (C=O) groups is 1. The molecule has 0 aliphatic heterocycles. The number of nitrogens with zero attached hydrogens (tertiary/aromatic N) is 4. The highest BCUT2D eigenvalue weighted by Gasteiger charge is 2.11. The molecule has 6 heteroatoms. The standard InChI is InChI=1S/C9H10N4O2/c1-5-3-7-11-12-8(4-9(14)15)13(7)6(2)10-5/h3H,4H2,1-2H3,(H,14,15). The zero-order valence-electron chi connectivity index (χ0n) is 8.43. The Labute approximate surface area is 85.6 Å². The lowest BCUT2D eigenvalue weighted by atomic mass is 10.4. The van der Waals surface area contributed by atoms with Crippen molar-refractivity contribution in [2.75, 3.05) is 0 Å². The Morgan fingerprint density at radius 3 is 2.87 bits per heavy atom. The molecule has 2 rings (SSSR count). The first-order chi connectivity index (χ1) is 7.08. The molecule has 0 atom stereocenters. The van der Waals surface area contributed by atoms with Crippen LogP contribution >= 0.6 is 0 Å². The minimum absolute atomic E-state index is 0.146. The van der Waals surface area contributed by atoms with E-state index in [1.165, 1.54) is 0 Å². The average Bonchev–Trinajstić information content (AvgIpc) is 2.46. The van der Waals surface area contributed by atoms with Crippen molar-refractivity contribution in [3.05, 3.63) is 23.4 Å². The summed E-state index contributed by atoms with van der Waals surface area (Å²) in [5, 5.41) is 16.4. The molecule has 0 bridgehead atoms. The molecule has 0 aliphatic rings. The van der Waals surface area contributed by atoms with E-state index in [-0.39, 0.29) is 6.42 Å². The third-order valence-electron chi connectivity index (χ3n) is 2.06. The van der Waals surface area contributed by atoms with E-state index in [1.54, 1.807) is 17.4 Å². The molecular weight excluding hydrogens is 196 g/mol. The van der Waals surface area contributed by atoms with Gasteiger partial charge >= 0.3 is 5.97 Å². The first kappa shape index (κ1) is 9.57. The molecule has 1 N–H and O–H groups in total. The second kappa shape index (κ2) is 3.30. The van der Waals surface area contributed by atoms with E-state index in [1.807, 2.05) is 6.92 Å². The Kier molecular flexibility index (Phi) is 2.11. The molecule has 15 heavy (non-hydrogen) atoms. The van der Waals surface area contributed by atoms with Crippen LogP contribution in [0.3, 0.4) is 0 Å². The molecular formula is C9H10N4O2. The fraction of sp³-hybridized carbons (Fsp3) is 0.333. The fourth-order valence-electron chi connectivity index (χ4n) is 1.55. The molecule has 2 aromatic heterocycles. The summed E-state index contributed by atoms with van der Waals surface area (Å²) in [6.07, 6.45) is -0.146. The summed E-state index contributed by atoms with van der Waals surface area (Å²) >= 11 is 0. The number of carboxylic acids is 1. The van der Waals surface area contributed by atoms with Gasteiger partial charge in [-0.05, 0) is 13.8 Å². The molecule has 0 aliphatic carbocycles. The van der Waals surface area contributed by atoms with Crippen LogP contribution in [-0.4, -0.2) is 30.7 Å². The Morgan fingerprint density at radius 2 is 2.20 bits per heavy atom. The van der Waals surface area contributed by atoms with Crippen molar-refractivity contribution in [3.8, 4) is 0 Å². The molecule has 0 aromatic carbocycles. The molecule has 0 saturated heterocycles. The van der Waals surface area contributed by atoms with Gasteiger partial charge in [-0.25, -0.2) is 4.98 Å². The van der Waals surface area contributed by atoms with Crippen LogP contribution in [0.25, 0.3) is 5.65 Å². The van der Waals surface area contributed by atoms with Crippen molar-refractivity contribution >= 4 is 11.6 Å². The van der Waals surface area contributed by atoms with Gasteiger partial charge in [-0.2, -0.15) is 0 Å². The van der Waals surface area contributed by atoms with Crippen molar-refractivity contribution in [2.45, 2.75) is 20.3 Å². The number of fused-ring (bicyclic) bond motifs is 1. The Morgan fingerprint density at radius 1 is 1.47 bits per heavy atom. The van der Waals surface area contributed by atoms with Crippen LogP contribution in [0.1, 0.15) is 17.3 Å². The molecule has 2 aromatic rings. The second-order valence-corrected chi connectivity index (χ2v) is 3.33. The maximum atomic E-state index is 10.6. The van der Waals surface area contributed by atoms with Crippen molar-refractivity contribution in [1.29, 1.82) is 0 Å². The molecule has 0 saturated carbocycles. The topological polar surface area (TPSA) is 80.4 Å². The van der Waals surface area contributed by atoms with Gasteiger partial charge < -0.3 is 5.11 Å². The van der Waals surface area contributed by atoms with Gasteiger partial charge in [0.05, 0.1) is 0 Å². The van der Waals surface area contributed by atoms with Crippen molar-refractivity contribution < 1.29 is 9.90 Å². The Balaban J connectivity index is 2.63. The van der Waals surface area contributed by atoms with Gasteiger partial charge in [0.25, 0.3) is 0 Å². The van der Waals surface area contributed by atoms with Crippen LogP contribution in [0, 0.1) is 13.8 Å². The number of aryl methyl sites for hydroxylation is 2. The predicted molar refractivity (Wildman–Crippen MR) is 51.6 cm³/mol. The number of aliphatic carboxylic acids is 1. The van der Waals surface area contributed by atoms with Gasteiger partial charge in [0.2, 0.25) is 0 Å². The van der Waals surface area contributed by atoms with E-state index in [9.17, 15) is 4.79 Å². The number of hydrogen-bond acceptors (Lipinski definition) is 4. The molecule has 2 heterocycles. The Hall–Kier alpha value is -1.98. The average molecular weight is 206 g/mol. The van der Waals surface area contributed by atoms with Crippen LogP contribution in [-0.2, 0) is 11.2 Å². The van der Waals surface area contributed by atoms with Crippen molar-refractivity contribution in [3.63, 3.8) is 0 Å². The lowest BCUT2D eigenvalue weighted by Crippen LogP contribution is -2.07. The molecule has 0 unspecified atom stereocenters. The summed E-state index contributed by atoms with van der Waals surface area (Å²) in [5.74, 6) is 0.179. The van der Waals surface area contributed by atoms with E-state index in [0.717, 1.165) is 5.69 Å². The smallest absolute Gasteiger partial charge is 0.311 e. The molecule has 6 nitrogen and oxygen atoms in total. The van der Waals surface area contributed by atoms with E-state index in [0.29, 0.717) is 17.3 Å². The van der Waals surface area contributed by atoms with Gasteiger partial charge in [-0.15, -0.1) is 10.2 Å². The van der Waals surface area contributed by atoms with Crippen LogP contribution in [0.15, 0.2) is 6.07 Å². The minimum atomic E-state index is -0.927. The highest BCUT2D eigenvalue weighted by molar-refractivity contribution is 5.69. The molecule has 78 valence electrons. The monoisotopic (exact) mass is 206 g/mol. The second-order valence-electron chi connectivity index (χ2n) is 3.33. The molecule has 0 amide bonds. The van der Waals surface area contributed by atoms with Crippen LogP contribution < -0.4 is 0 Å².